The van der Waals surface area contributed by atoms with Crippen LogP contribution in [0.3, 0.4) is 0 Å². The Labute approximate surface area is 93.4 Å². The highest BCUT2D eigenvalue weighted by Crippen LogP contribution is 2.23. The van der Waals surface area contributed by atoms with Crippen LogP contribution in [-0.4, -0.2) is 27.8 Å². The number of aliphatic hydroxyl groups excluding tert-OH is 2. The molecule has 0 aliphatic rings. The maximum absolute atomic E-state index is 9.97. The smallest absolute Gasteiger partial charge is 0.0970 e. The number of aliphatic hydroxyl groups is 2. The molecule has 2 atom stereocenters. The van der Waals surface area contributed by atoms with Crippen molar-refractivity contribution in [2.45, 2.75) is 12.1 Å². The zero-order valence-electron chi connectivity index (χ0n) is 8.74. The minimum absolute atomic E-state index is 0.252. The first kappa shape index (κ1) is 11.0. The average Bonchev–Trinajstić information content (AvgIpc) is 2.36. The molecule has 0 amide bonds. The maximum atomic E-state index is 9.97. The molecule has 84 valence electrons. The van der Waals surface area contributed by atoms with Crippen LogP contribution in [0.2, 0.25) is 0 Å². The van der Waals surface area contributed by atoms with E-state index >= 15 is 0 Å². The van der Waals surface area contributed by atoms with E-state index in [1.807, 2.05) is 24.3 Å². The molecule has 16 heavy (non-hydrogen) atoms. The van der Waals surface area contributed by atoms with Crippen molar-refractivity contribution in [3.05, 3.63) is 42.1 Å². The highest BCUT2D eigenvalue weighted by Gasteiger charge is 2.18. The van der Waals surface area contributed by atoms with Gasteiger partial charge in [0, 0.05) is 11.6 Å². The van der Waals surface area contributed by atoms with Crippen molar-refractivity contribution in [3.63, 3.8) is 0 Å². The second kappa shape index (κ2) is 4.57. The molecule has 4 heteroatoms. The van der Waals surface area contributed by atoms with Crippen LogP contribution >= 0.6 is 0 Å². The summed E-state index contributed by atoms with van der Waals surface area (Å²) in [7, 11) is 0. The van der Waals surface area contributed by atoms with Gasteiger partial charge in [-0.05, 0) is 17.7 Å². The van der Waals surface area contributed by atoms with Crippen LogP contribution in [0.25, 0.3) is 10.9 Å². The number of hydrogen-bond acceptors (Lipinski definition) is 4. The van der Waals surface area contributed by atoms with E-state index in [2.05, 4.69) is 4.98 Å². The van der Waals surface area contributed by atoms with Gasteiger partial charge in [0.2, 0.25) is 0 Å². The summed E-state index contributed by atoms with van der Waals surface area (Å²) in [6, 6.07) is 8.57. The van der Waals surface area contributed by atoms with Crippen LogP contribution in [-0.2, 0) is 0 Å². The SMILES string of the molecule is NC(CO)C(O)c1ccnc2ccccc12. The second-order valence-corrected chi connectivity index (χ2v) is 3.71. The Hall–Kier alpha value is -1.49. The first-order chi connectivity index (χ1) is 7.74. The Morgan fingerprint density at radius 1 is 1.25 bits per heavy atom. The zero-order chi connectivity index (χ0) is 11.5. The normalized spacial score (nSPS) is 14.9. The van der Waals surface area contributed by atoms with Crippen LogP contribution in [0.1, 0.15) is 11.7 Å². The Balaban J connectivity index is 2.52. The molecule has 0 bridgehead atoms. The lowest BCUT2D eigenvalue weighted by molar-refractivity contribution is 0.110. The van der Waals surface area contributed by atoms with Crippen molar-refractivity contribution in [1.82, 2.24) is 4.98 Å². The van der Waals surface area contributed by atoms with Crippen molar-refractivity contribution in [1.29, 1.82) is 0 Å². The van der Waals surface area contributed by atoms with Crippen LogP contribution in [0.15, 0.2) is 36.5 Å². The average molecular weight is 218 g/mol. The van der Waals surface area contributed by atoms with E-state index in [4.69, 9.17) is 10.8 Å². The molecular weight excluding hydrogens is 204 g/mol. The van der Waals surface area contributed by atoms with Crippen molar-refractivity contribution >= 4 is 10.9 Å². The molecule has 0 fully saturated rings. The molecule has 0 radical (unpaired) electrons. The first-order valence-electron chi connectivity index (χ1n) is 5.12. The van der Waals surface area contributed by atoms with Gasteiger partial charge in [-0.2, -0.15) is 0 Å². The quantitative estimate of drug-likeness (QED) is 0.704. The lowest BCUT2D eigenvalue weighted by Crippen LogP contribution is -2.32. The van der Waals surface area contributed by atoms with E-state index in [-0.39, 0.29) is 6.61 Å². The van der Waals surface area contributed by atoms with Gasteiger partial charge in [0.15, 0.2) is 0 Å². The summed E-state index contributed by atoms with van der Waals surface area (Å²) in [5, 5.41) is 19.8. The summed E-state index contributed by atoms with van der Waals surface area (Å²) >= 11 is 0. The molecule has 1 aromatic carbocycles. The van der Waals surface area contributed by atoms with Gasteiger partial charge in [-0.1, -0.05) is 18.2 Å². The van der Waals surface area contributed by atoms with E-state index in [0.29, 0.717) is 5.56 Å². The Kier molecular flexibility index (Phi) is 3.14. The van der Waals surface area contributed by atoms with Crippen molar-refractivity contribution < 1.29 is 10.2 Å². The largest absolute Gasteiger partial charge is 0.395 e. The van der Waals surface area contributed by atoms with E-state index in [0.717, 1.165) is 10.9 Å². The summed E-state index contributed by atoms with van der Waals surface area (Å²) in [5.41, 5.74) is 7.13. The fourth-order valence-electron chi connectivity index (χ4n) is 1.71. The van der Waals surface area contributed by atoms with Gasteiger partial charge >= 0.3 is 0 Å². The molecule has 4 N–H and O–H groups in total. The Morgan fingerprint density at radius 2 is 2.00 bits per heavy atom. The topological polar surface area (TPSA) is 79.4 Å². The van der Waals surface area contributed by atoms with Crippen molar-refractivity contribution in [2.24, 2.45) is 5.73 Å². The predicted molar refractivity (Wildman–Crippen MR) is 61.8 cm³/mol. The summed E-state index contributed by atoms with van der Waals surface area (Å²) < 4.78 is 0. The van der Waals surface area contributed by atoms with Gasteiger partial charge in [0.1, 0.15) is 0 Å². The minimum atomic E-state index is -0.877. The highest BCUT2D eigenvalue weighted by atomic mass is 16.3. The fraction of sp³-hybridized carbons (Fsp3) is 0.250. The number of nitrogens with zero attached hydrogens (tertiary/aromatic N) is 1. The van der Waals surface area contributed by atoms with Gasteiger partial charge < -0.3 is 15.9 Å². The zero-order valence-corrected chi connectivity index (χ0v) is 8.74. The van der Waals surface area contributed by atoms with E-state index in [9.17, 15) is 5.11 Å². The lowest BCUT2D eigenvalue weighted by Gasteiger charge is -2.18. The molecule has 2 unspecified atom stereocenters. The molecule has 1 aromatic heterocycles. The molecule has 1 heterocycles. The molecular formula is C12H14N2O2. The molecule has 0 spiro atoms. The molecule has 0 aliphatic heterocycles. The Bertz CT molecular complexity index is 482. The van der Waals surface area contributed by atoms with Gasteiger partial charge in [-0.15, -0.1) is 0 Å². The van der Waals surface area contributed by atoms with Crippen LogP contribution in [0.5, 0.6) is 0 Å². The van der Waals surface area contributed by atoms with Crippen molar-refractivity contribution in [2.75, 3.05) is 6.61 Å². The van der Waals surface area contributed by atoms with E-state index in [1.165, 1.54) is 0 Å². The summed E-state index contributed by atoms with van der Waals surface area (Å²) in [6.07, 6.45) is 0.753. The third-order valence-electron chi connectivity index (χ3n) is 2.62. The standard InChI is InChI=1S/C12H14N2O2/c13-10(7-15)12(16)9-5-6-14-11-4-2-1-3-8(9)11/h1-6,10,12,15-16H,7,13H2. The van der Waals surface area contributed by atoms with E-state index < -0.39 is 12.1 Å². The molecule has 2 rings (SSSR count). The Morgan fingerprint density at radius 3 is 2.75 bits per heavy atom. The summed E-state index contributed by atoms with van der Waals surface area (Å²) in [5.74, 6) is 0. The fourth-order valence-corrected chi connectivity index (χ4v) is 1.71. The maximum Gasteiger partial charge on any atom is 0.0970 e. The number of benzene rings is 1. The number of aromatic nitrogens is 1. The number of fused-ring (bicyclic) bond motifs is 1. The minimum Gasteiger partial charge on any atom is -0.395 e. The van der Waals surface area contributed by atoms with Gasteiger partial charge in [-0.3, -0.25) is 4.98 Å². The van der Waals surface area contributed by atoms with Crippen LogP contribution < -0.4 is 5.73 Å². The summed E-state index contributed by atoms with van der Waals surface area (Å²) in [6.45, 7) is -0.252. The molecule has 0 saturated heterocycles. The van der Waals surface area contributed by atoms with Crippen LogP contribution in [0, 0.1) is 0 Å². The number of rotatable bonds is 3. The van der Waals surface area contributed by atoms with Crippen molar-refractivity contribution in [3.8, 4) is 0 Å². The molecule has 0 saturated carbocycles. The van der Waals surface area contributed by atoms with E-state index in [1.54, 1.807) is 12.3 Å². The predicted octanol–water partition coefficient (Wildman–Crippen LogP) is 0.588. The second-order valence-electron chi connectivity index (χ2n) is 3.71. The number of nitrogens with two attached hydrogens (primary N) is 1. The summed E-state index contributed by atoms with van der Waals surface area (Å²) in [4.78, 5) is 4.19. The first-order valence-corrected chi connectivity index (χ1v) is 5.12. The van der Waals surface area contributed by atoms with Gasteiger partial charge in [0.25, 0.3) is 0 Å². The lowest BCUT2D eigenvalue weighted by atomic mass is 10.00. The molecule has 2 aromatic rings. The number of para-hydroxylation sites is 1. The van der Waals surface area contributed by atoms with Crippen LogP contribution in [0.4, 0.5) is 0 Å². The molecule has 4 nitrogen and oxygen atoms in total. The van der Waals surface area contributed by atoms with Gasteiger partial charge in [-0.25, -0.2) is 0 Å². The monoisotopic (exact) mass is 218 g/mol. The third kappa shape index (κ3) is 1.90. The molecule has 0 aliphatic carbocycles. The number of hydrogen-bond donors (Lipinski definition) is 3. The van der Waals surface area contributed by atoms with Gasteiger partial charge in [0.05, 0.1) is 24.3 Å². The number of pyridine rings is 1. The highest BCUT2D eigenvalue weighted by molar-refractivity contribution is 5.82. The third-order valence-corrected chi connectivity index (χ3v) is 2.62.